The van der Waals surface area contributed by atoms with Crippen LogP contribution in [0.2, 0.25) is 0 Å². The molecule has 0 aliphatic carbocycles. The second-order valence-corrected chi connectivity index (χ2v) is 5.10. The van der Waals surface area contributed by atoms with E-state index in [9.17, 15) is 14.0 Å². The van der Waals surface area contributed by atoms with Crippen LogP contribution in [0.25, 0.3) is 0 Å². The van der Waals surface area contributed by atoms with E-state index in [2.05, 4.69) is 21.2 Å². The van der Waals surface area contributed by atoms with Gasteiger partial charge in [-0.15, -0.1) is 0 Å². The molecule has 7 heteroatoms. The summed E-state index contributed by atoms with van der Waals surface area (Å²) < 4.78 is 13.3. The van der Waals surface area contributed by atoms with Crippen molar-refractivity contribution in [2.24, 2.45) is 0 Å². The summed E-state index contributed by atoms with van der Waals surface area (Å²) in [5.41, 5.74) is 0.411. The summed E-state index contributed by atoms with van der Waals surface area (Å²) in [6.45, 7) is 0.408. The average Bonchev–Trinajstić information content (AvgIpc) is 2.83. The number of urea groups is 1. The minimum Gasteiger partial charge on any atom is -0.480 e. The number of hydrogen-bond donors (Lipinski definition) is 2. The summed E-state index contributed by atoms with van der Waals surface area (Å²) in [7, 11) is 0. The third-order valence-corrected chi connectivity index (χ3v) is 3.58. The number of benzene rings is 1. The molecule has 1 aliphatic heterocycles. The fraction of sp³-hybridized carbons (Fsp3) is 0.333. The SMILES string of the molecule is O=C(O)C1CCCN1C(=O)Nc1ccc(F)c(Br)c1. The number of likely N-dealkylation sites (tertiary alicyclic amines) is 1. The highest BCUT2D eigenvalue weighted by Crippen LogP contribution is 2.22. The molecule has 2 amide bonds. The number of carboxylic acids is 1. The van der Waals surface area contributed by atoms with E-state index in [4.69, 9.17) is 5.11 Å². The van der Waals surface area contributed by atoms with Gasteiger partial charge in [0.2, 0.25) is 0 Å². The second-order valence-electron chi connectivity index (χ2n) is 4.25. The number of anilines is 1. The summed E-state index contributed by atoms with van der Waals surface area (Å²) >= 11 is 3.02. The monoisotopic (exact) mass is 330 g/mol. The van der Waals surface area contributed by atoms with E-state index in [1.165, 1.54) is 23.1 Å². The summed E-state index contributed by atoms with van der Waals surface area (Å²) in [6.07, 6.45) is 1.12. The molecule has 0 bridgehead atoms. The number of halogens is 2. The molecule has 2 rings (SSSR count). The van der Waals surface area contributed by atoms with Gasteiger partial charge in [0.05, 0.1) is 4.47 Å². The van der Waals surface area contributed by atoms with Crippen molar-refractivity contribution >= 4 is 33.6 Å². The lowest BCUT2D eigenvalue weighted by molar-refractivity contribution is -0.141. The maximum atomic E-state index is 13.1. The molecule has 2 N–H and O–H groups in total. The first kappa shape index (κ1) is 13.8. The van der Waals surface area contributed by atoms with Gasteiger partial charge in [0.15, 0.2) is 0 Å². The first-order valence-corrected chi connectivity index (χ1v) is 6.54. The summed E-state index contributed by atoms with van der Waals surface area (Å²) in [5, 5.41) is 11.6. The standard InChI is InChI=1S/C12H12BrFN2O3/c13-8-6-7(3-4-9(8)14)15-12(19)16-5-1-2-10(16)11(17)18/h3-4,6,10H,1-2,5H2,(H,15,19)(H,17,18). The molecule has 1 aromatic rings. The van der Waals surface area contributed by atoms with Crippen molar-refractivity contribution < 1.29 is 19.1 Å². The Kier molecular flexibility index (Phi) is 4.04. The topological polar surface area (TPSA) is 69.6 Å². The van der Waals surface area contributed by atoms with Crippen LogP contribution >= 0.6 is 15.9 Å². The summed E-state index contributed by atoms with van der Waals surface area (Å²) in [4.78, 5) is 24.2. The van der Waals surface area contributed by atoms with Crippen LogP contribution in [0, 0.1) is 5.82 Å². The molecule has 0 aromatic heterocycles. The van der Waals surface area contributed by atoms with Crippen molar-refractivity contribution in [1.29, 1.82) is 0 Å². The number of aliphatic carboxylic acids is 1. The van der Waals surface area contributed by atoms with Gasteiger partial charge in [-0.1, -0.05) is 0 Å². The van der Waals surface area contributed by atoms with Gasteiger partial charge in [-0.05, 0) is 47.0 Å². The fourth-order valence-electron chi connectivity index (χ4n) is 2.04. The molecule has 1 aliphatic rings. The van der Waals surface area contributed by atoms with Crippen LogP contribution < -0.4 is 5.32 Å². The zero-order chi connectivity index (χ0) is 14.0. The van der Waals surface area contributed by atoms with E-state index in [0.29, 0.717) is 25.1 Å². The molecule has 1 atom stereocenters. The number of carbonyl (C=O) groups is 2. The van der Waals surface area contributed by atoms with E-state index in [0.717, 1.165) is 0 Å². The molecule has 5 nitrogen and oxygen atoms in total. The number of hydrogen-bond acceptors (Lipinski definition) is 2. The molecule has 0 saturated carbocycles. The molecule has 1 unspecified atom stereocenters. The van der Waals surface area contributed by atoms with Crippen LogP contribution in [0.4, 0.5) is 14.9 Å². The maximum Gasteiger partial charge on any atom is 0.326 e. The van der Waals surface area contributed by atoms with Gasteiger partial charge in [0.1, 0.15) is 11.9 Å². The van der Waals surface area contributed by atoms with Crippen LogP contribution in [0.1, 0.15) is 12.8 Å². The molecule has 1 fully saturated rings. The number of rotatable bonds is 2. The van der Waals surface area contributed by atoms with E-state index < -0.39 is 23.9 Å². The first-order valence-electron chi connectivity index (χ1n) is 5.74. The number of nitrogens with one attached hydrogen (secondary N) is 1. The molecule has 0 radical (unpaired) electrons. The van der Waals surface area contributed by atoms with Crippen molar-refractivity contribution in [2.45, 2.75) is 18.9 Å². The lowest BCUT2D eigenvalue weighted by Gasteiger charge is -2.21. The second kappa shape index (κ2) is 5.56. The summed E-state index contributed by atoms with van der Waals surface area (Å²) in [5.74, 6) is -1.43. The molecule has 19 heavy (non-hydrogen) atoms. The molecule has 1 aromatic carbocycles. The van der Waals surface area contributed by atoms with Crippen LogP contribution in [-0.2, 0) is 4.79 Å². The number of carbonyl (C=O) groups excluding carboxylic acids is 1. The Morgan fingerprint density at radius 3 is 2.84 bits per heavy atom. The quantitative estimate of drug-likeness (QED) is 0.875. The van der Waals surface area contributed by atoms with Gasteiger partial charge in [0, 0.05) is 12.2 Å². The van der Waals surface area contributed by atoms with E-state index in [-0.39, 0.29) is 4.47 Å². The Labute approximate surface area is 117 Å². The predicted molar refractivity (Wildman–Crippen MR) is 70.5 cm³/mol. The largest absolute Gasteiger partial charge is 0.480 e. The summed E-state index contributed by atoms with van der Waals surface area (Å²) in [6, 6.07) is 2.80. The van der Waals surface area contributed by atoms with Crippen molar-refractivity contribution in [1.82, 2.24) is 4.90 Å². The van der Waals surface area contributed by atoms with Crippen LogP contribution in [0.5, 0.6) is 0 Å². The molecular formula is C12H12BrFN2O3. The Hall–Kier alpha value is -1.63. The number of nitrogens with zero attached hydrogens (tertiary/aromatic N) is 1. The Morgan fingerprint density at radius 2 is 2.21 bits per heavy atom. The van der Waals surface area contributed by atoms with Gasteiger partial charge in [-0.2, -0.15) is 0 Å². The van der Waals surface area contributed by atoms with Gasteiger partial charge < -0.3 is 15.3 Å². The van der Waals surface area contributed by atoms with Crippen LogP contribution in [-0.4, -0.2) is 34.6 Å². The Bertz CT molecular complexity index is 524. The molecule has 0 spiro atoms. The van der Waals surface area contributed by atoms with E-state index in [1.54, 1.807) is 0 Å². The fourth-order valence-corrected chi connectivity index (χ4v) is 2.41. The minimum absolute atomic E-state index is 0.238. The maximum absolute atomic E-state index is 13.1. The van der Waals surface area contributed by atoms with Crippen LogP contribution in [0.15, 0.2) is 22.7 Å². The van der Waals surface area contributed by atoms with Crippen LogP contribution in [0.3, 0.4) is 0 Å². The molecule has 1 saturated heterocycles. The van der Waals surface area contributed by atoms with Crippen molar-refractivity contribution in [3.05, 3.63) is 28.5 Å². The highest BCUT2D eigenvalue weighted by Gasteiger charge is 2.33. The number of amides is 2. The lowest BCUT2D eigenvalue weighted by Crippen LogP contribution is -2.42. The third kappa shape index (κ3) is 3.04. The normalized spacial score (nSPS) is 18.4. The highest BCUT2D eigenvalue weighted by molar-refractivity contribution is 9.10. The van der Waals surface area contributed by atoms with Crippen molar-refractivity contribution in [3.8, 4) is 0 Å². The zero-order valence-electron chi connectivity index (χ0n) is 9.90. The minimum atomic E-state index is -1.01. The Balaban J connectivity index is 2.08. The highest BCUT2D eigenvalue weighted by atomic mass is 79.9. The van der Waals surface area contributed by atoms with Gasteiger partial charge >= 0.3 is 12.0 Å². The van der Waals surface area contributed by atoms with Crippen molar-refractivity contribution in [3.63, 3.8) is 0 Å². The lowest BCUT2D eigenvalue weighted by atomic mass is 10.2. The first-order chi connectivity index (χ1) is 8.99. The molecular weight excluding hydrogens is 319 g/mol. The Morgan fingerprint density at radius 1 is 1.47 bits per heavy atom. The van der Waals surface area contributed by atoms with Gasteiger partial charge in [0.25, 0.3) is 0 Å². The smallest absolute Gasteiger partial charge is 0.326 e. The third-order valence-electron chi connectivity index (χ3n) is 2.97. The van der Waals surface area contributed by atoms with E-state index >= 15 is 0 Å². The number of carboxylic acid groups (broad SMARTS) is 1. The van der Waals surface area contributed by atoms with Gasteiger partial charge in [-0.25, -0.2) is 14.0 Å². The molecule has 1 heterocycles. The van der Waals surface area contributed by atoms with E-state index in [1.807, 2.05) is 0 Å². The van der Waals surface area contributed by atoms with Crippen molar-refractivity contribution in [2.75, 3.05) is 11.9 Å². The molecule has 102 valence electrons. The average molecular weight is 331 g/mol. The van der Waals surface area contributed by atoms with Gasteiger partial charge in [-0.3, -0.25) is 0 Å². The zero-order valence-corrected chi connectivity index (χ0v) is 11.5. The predicted octanol–water partition coefficient (Wildman–Crippen LogP) is 2.67.